The van der Waals surface area contributed by atoms with E-state index in [0.29, 0.717) is 6.54 Å². The lowest BCUT2D eigenvalue weighted by molar-refractivity contribution is -0.139. The zero-order valence-corrected chi connectivity index (χ0v) is 15.0. The molecule has 0 aliphatic heterocycles. The third kappa shape index (κ3) is 10.2. The van der Waals surface area contributed by atoms with Gasteiger partial charge in [0.2, 0.25) is 5.91 Å². The smallest absolute Gasteiger partial charge is 0.309 e. The second-order valence-corrected chi connectivity index (χ2v) is 6.67. The van der Waals surface area contributed by atoms with Gasteiger partial charge in [0, 0.05) is 26.1 Å². The van der Waals surface area contributed by atoms with E-state index in [2.05, 4.69) is 16.0 Å². The summed E-state index contributed by atoms with van der Waals surface area (Å²) in [6, 6.07) is 0.0954. The molecule has 0 atom stereocenters. The second kappa shape index (κ2) is 12.8. The Balaban J connectivity index is 2.31. The van der Waals surface area contributed by atoms with Gasteiger partial charge in [-0.3, -0.25) is 14.4 Å². The molecule has 0 saturated heterocycles. The maximum absolute atomic E-state index is 12.0. The minimum atomic E-state index is -0.619. The molecule has 3 amide bonds. The van der Waals surface area contributed by atoms with Crippen LogP contribution in [0.4, 0.5) is 0 Å². The summed E-state index contributed by atoms with van der Waals surface area (Å²) in [5.41, 5.74) is 0. The van der Waals surface area contributed by atoms with Crippen LogP contribution in [0, 0.1) is 0 Å². The molecule has 0 radical (unpaired) electrons. The predicted molar refractivity (Wildman–Crippen MR) is 94.4 cm³/mol. The average Bonchev–Trinajstić information content (AvgIpc) is 2.53. The molecule has 24 heavy (non-hydrogen) atoms. The van der Waals surface area contributed by atoms with Gasteiger partial charge in [-0.05, 0) is 12.8 Å². The minimum Gasteiger partial charge on any atom is -0.355 e. The molecule has 0 spiro atoms. The van der Waals surface area contributed by atoms with Gasteiger partial charge in [0.15, 0.2) is 0 Å². The van der Waals surface area contributed by atoms with Gasteiger partial charge in [0.25, 0.3) is 0 Å². The van der Waals surface area contributed by atoms with Gasteiger partial charge in [-0.1, -0.05) is 57.8 Å². The highest BCUT2D eigenvalue weighted by Gasteiger charge is 2.18. The zero-order chi connectivity index (χ0) is 17.6. The normalized spacial score (nSPS) is 17.9. The van der Waals surface area contributed by atoms with Crippen molar-refractivity contribution in [2.45, 2.75) is 83.6 Å². The molecule has 1 rings (SSSR count). The number of carbonyl (C=O) groups is 3. The van der Waals surface area contributed by atoms with Crippen molar-refractivity contribution in [1.29, 1.82) is 0 Å². The van der Waals surface area contributed by atoms with Crippen LogP contribution in [0.1, 0.15) is 77.6 Å². The number of nitrogens with one attached hydrogen (secondary N) is 3. The van der Waals surface area contributed by atoms with E-state index in [1.807, 2.05) is 0 Å². The molecule has 1 aliphatic rings. The lowest BCUT2D eigenvalue weighted by Crippen LogP contribution is -2.46. The van der Waals surface area contributed by atoms with Crippen LogP contribution in [0.25, 0.3) is 0 Å². The molecular weight excluding hydrogens is 306 g/mol. The van der Waals surface area contributed by atoms with Crippen molar-refractivity contribution in [3.8, 4) is 0 Å². The molecule has 1 aliphatic carbocycles. The van der Waals surface area contributed by atoms with Crippen molar-refractivity contribution < 1.29 is 14.4 Å². The average molecular weight is 339 g/mol. The van der Waals surface area contributed by atoms with E-state index in [-0.39, 0.29) is 18.5 Å². The van der Waals surface area contributed by atoms with Crippen LogP contribution in [0.15, 0.2) is 0 Å². The van der Waals surface area contributed by atoms with Gasteiger partial charge in [-0.25, -0.2) is 0 Å². The number of rotatable bonds is 4. The largest absolute Gasteiger partial charge is 0.355 e. The van der Waals surface area contributed by atoms with E-state index in [1.165, 1.54) is 51.9 Å². The van der Waals surface area contributed by atoms with E-state index >= 15 is 0 Å². The molecule has 0 aromatic carbocycles. The van der Waals surface area contributed by atoms with Crippen LogP contribution >= 0.6 is 0 Å². The molecule has 0 bridgehead atoms. The predicted octanol–water partition coefficient (Wildman–Crippen LogP) is 2.03. The van der Waals surface area contributed by atoms with E-state index < -0.39 is 11.8 Å². The Kier molecular flexibility index (Phi) is 10.9. The first kappa shape index (κ1) is 20.5. The fourth-order valence-electron chi connectivity index (χ4n) is 3.05. The van der Waals surface area contributed by atoms with Crippen molar-refractivity contribution in [2.75, 3.05) is 13.1 Å². The Morgan fingerprint density at radius 3 is 1.67 bits per heavy atom. The van der Waals surface area contributed by atoms with Gasteiger partial charge in [-0.15, -0.1) is 0 Å². The highest BCUT2D eigenvalue weighted by molar-refractivity contribution is 6.35. The Morgan fingerprint density at radius 1 is 0.708 bits per heavy atom. The first-order chi connectivity index (χ1) is 11.6. The standard InChI is InChI=1S/C18H33N3O3/c1-15(22)19-13-14-20-17(23)18(24)21-16-11-9-7-5-3-2-4-6-8-10-12-16/h16H,2-14H2,1H3,(H,19,22)(H,20,23)(H,21,24). The SMILES string of the molecule is CC(=O)NCCNC(=O)C(=O)NC1CCCCCCCCCCC1. The summed E-state index contributed by atoms with van der Waals surface area (Å²) >= 11 is 0. The first-order valence-electron chi connectivity index (χ1n) is 9.42. The monoisotopic (exact) mass is 339 g/mol. The molecule has 6 nitrogen and oxygen atoms in total. The quantitative estimate of drug-likeness (QED) is 0.541. The van der Waals surface area contributed by atoms with Crippen LogP contribution in [0.5, 0.6) is 0 Å². The molecule has 0 unspecified atom stereocenters. The summed E-state index contributed by atoms with van der Waals surface area (Å²) in [4.78, 5) is 34.5. The lowest BCUT2D eigenvalue weighted by atomic mass is 9.98. The van der Waals surface area contributed by atoms with Crippen LogP contribution in [-0.4, -0.2) is 36.9 Å². The number of hydrogen-bond donors (Lipinski definition) is 3. The Labute approximate surface area is 145 Å². The third-order valence-corrected chi connectivity index (χ3v) is 4.43. The van der Waals surface area contributed by atoms with Gasteiger partial charge in [0.05, 0.1) is 0 Å². The maximum Gasteiger partial charge on any atom is 0.309 e. The van der Waals surface area contributed by atoms with Crippen LogP contribution in [0.2, 0.25) is 0 Å². The molecule has 1 saturated carbocycles. The maximum atomic E-state index is 12.0. The molecule has 3 N–H and O–H groups in total. The summed E-state index contributed by atoms with van der Waals surface area (Å²) in [5, 5.41) is 7.99. The topological polar surface area (TPSA) is 87.3 Å². The molecular formula is C18H33N3O3. The van der Waals surface area contributed by atoms with E-state index in [4.69, 9.17) is 0 Å². The summed E-state index contributed by atoms with van der Waals surface area (Å²) in [6.45, 7) is 2.01. The van der Waals surface area contributed by atoms with Crippen LogP contribution < -0.4 is 16.0 Å². The van der Waals surface area contributed by atoms with Gasteiger partial charge in [0.1, 0.15) is 0 Å². The minimum absolute atomic E-state index is 0.0954. The highest BCUT2D eigenvalue weighted by atomic mass is 16.2. The number of amides is 3. The summed E-state index contributed by atoms with van der Waals surface area (Å²) < 4.78 is 0. The van der Waals surface area contributed by atoms with Crippen molar-refractivity contribution >= 4 is 17.7 Å². The molecule has 6 heteroatoms. The van der Waals surface area contributed by atoms with E-state index in [0.717, 1.165) is 25.7 Å². The summed E-state index contributed by atoms with van der Waals surface area (Å²) in [6.07, 6.45) is 13.0. The second-order valence-electron chi connectivity index (χ2n) is 6.67. The molecule has 0 heterocycles. The van der Waals surface area contributed by atoms with E-state index in [9.17, 15) is 14.4 Å². The van der Waals surface area contributed by atoms with Crippen LogP contribution in [-0.2, 0) is 14.4 Å². The highest BCUT2D eigenvalue weighted by Crippen LogP contribution is 2.16. The Morgan fingerprint density at radius 2 is 1.17 bits per heavy atom. The van der Waals surface area contributed by atoms with Crippen LogP contribution in [0.3, 0.4) is 0 Å². The first-order valence-corrected chi connectivity index (χ1v) is 9.42. The van der Waals surface area contributed by atoms with Crippen molar-refractivity contribution in [2.24, 2.45) is 0 Å². The fraction of sp³-hybridized carbons (Fsp3) is 0.833. The van der Waals surface area contributed by atoms with Gasteiger partial charge >= 0.3 is 11.8 Å². The summed E-state index contributed by atoms with van der Waals surface area (Å²) in [7, 11) is 0. The Hall–Kier alpha value is -1.59. The molecule has 1 fully saturated rings. The molecule has 0 aromatic rings. The Bertz CT molecular complexity index is 387. The third-order valence-electron chi connectivity index (χ3n) is 4.43. The fourth-order valence-corrected chi connectivity index (χ4v) is 3.05. The molecule has 138 valence electrons. The number of hydrogen-bond acceptors (Lipinski definition) is 3. The molecule has 0 aromatic heterocycles. The van der Waals surface area contributed by atoms with Crippen molar-refractivity contribution in [3.05, 3.63) is 0 Å². The van der Waals surface area contributed by atoms with Crippen molar-refractivity contribution in [1.82, 2.24) is 16.0 Å². The zero-order valence-electron chi connectivity index (χ0n) is 15.0. The summed E-state index contributed by atoms with van der Waals surface area (Å²) in [5.74, 6) is -1.33. The van der Waals surface area contributed by atoms with Gasteiger partial charge in [-0.2, -0.15) is 0 Å². The lowest BCUT2D eigenvalue weighted by Gasteiger charge is -2.19. The number of carbonyl (C=O) groups excluding carboxylic acids is 3. The van der Waals surface area contributed by atoms with Crippen molar-refractivity contribution in [3.63, 3.8) is 0 Å². The van der Waals surface area contributed by atoms with E-state index in [1.54, 1.807) is 0 Å². The van der Waals surface area contributed by atoms with Gasteiger partial charge < -0.3 is 16.0 Å².